The van der Waals surface area contributed by atoms with E-state index in [-0.39, 0.29) is 0 Å². The number of aromatic nitrogens is 4. The highest BCUT2D eigenvalue weighted by molar-refractivity contribution is 5.91. The van der Waals surface area contributed by atoms with Gasteiger partial charge in [-0.2, -0.15) is 5.10 Å². The molecule has 2 aromatic carbocycles. The molecular weight excluding hydrogens is 444 g/mol. The summed E-state index contributed by atoms with van der Waals surface area (Å²) < 4.78 is 7.02. The lowest BCUT2D eigenvalue weighted by Crippen LogP contribution is -2.37. The minimum absolute atomic E-state index is 0.296. The summed E-state index contributed by atoms with van der Waals surface area (Å²) in [5, 5.41) is 21.2. The third-order valence-electron chi connectivity index (χ3n) is 6.02. The molecule has 0 bridgehead atoms. The Labute approximate surface area is 202 Å². The minimum atomic E-state index is -0.685. The maximum atomic E-state index is 13.1. The first-order valence-electron chi connectivity index (χ1n) is 11.5. The van der Waals surface area contributed by atoms with Gasteiger partial charge in [0.2, 0.25) is 0 Å². The molecule has 0 saturated carbocycles. The number of fused-ring (bicyclic) bond motifs is 1. The largest absolute Gasteiger partial charge is 0.464 e. The molecule has 35 heavy (non-hydrogen) atoms. The molecule has 1 aliphatic rings. The summed E-state index contributed by atoms with van der Waals surface area (Å²) in [4.78, 5) is 21.6. The predicted molar refractivity (Wildman–Crippen MR) is 132 cm³/mol. The van der Waals surface area contributed by atoms with E-state index in [0.717, 1.165) is 22.4 Å². The summed E-state index contributed by atoms with van der Waals surface area (Å²) in [6.45, 7) is 4.23. The number of ether oxygens (including phenoxy) is 1. The molecule has 2 heterocycles. The number of anilines is 1. The molecule has 1 aliphatic carbocycles. The van der Waals surface area contributed by atoms with Crippen molar-refractivity contribution in [2.24, 2.45) is 0 Å². The summed E-state index contributed by atoms with van der Waals surface area (Å²) in [7, 11) is 0. The van der Waals surface area contributed by atoms with Gasteiger partial charge in [0.15, 0.2) is 0 Å². The fourth-order valence-corrected chi connectivity index (χ4v) is 4.35. The zero-order chi connectivity index (χ0) is 24.4. The highest BCUT2D eigenvalue weighted by atomic mass is 16.5. The first kappa shape index (κ1) is 22.5. The molecule has 0 aliphatic heterocycles. The van der Waals surface area contributed by atoms with Crippen LogP contribution in [-0.2, 0) is 6.42 Å². The van der Waals surface area contributed by atoms with E-state index in [1.165, 1.54) is 0 Å². The molecule has 2 amide bonds. The molecule has 0 radical (unpaired) electrons. The van der Waals surface area contributed by atoms with Crippen LogP contribution in [-0.4, -0.2) is 43.6 Å². The molecule has 9 heteroatoms. The van der Waals surface area contributed by atoms with Gasteiger partial charge < -0.3 is 15.2 Å². The van der Waals surface area contributed by atoms with Gasteiger partial charge in [0.05, 0.1) is 24.4 Å². The third kappa shape index (κ3) is 4.45. The average Bonchev–Trinajstić information content (AvgIpc) is 3.36. The van der Waals surface area contributed by atoms with Crippen molar-refractivity contribution in [3.05, 3.63) is 83.7 Å². The monoisotopic (exact) mass is 470 g/mol. The van der Waals surface area contributed by atoms with E-state index >= 15 is 0 Å². The van der Waals surface area contributed by atoms with Crippen molar-refractivity contribution in [3.8, 4) is 23.0 Å². The van der Waals surface area contributed by atoms with Crippen molar-refractivity contribution in [1.29, 1.82) is 0 Å². The molecule has 4 aromatic rings. The van der Waals surface area contributed by atoms with Gasteiger partial charge in [0.25, 0.3) is 0 Å². The second-order valence-electron chi connectivity index (χ2n) is 8.30. The second kappa shape index (κ2) is 9.55. The summed E-state index contributed by atoms with van der Waals surface area (Å²) >= 11 is 0. The van der Waals surface area contributed by atoms with Crippen molar-refractivity contribution in [2.75, 3.05) is 11.9 Å². The van der Waals surface area contributed by atoms with E-state index < -0.39 is 18.2 Å². The van der Waals surface area contributed by atoms with Crippen LogP contribution < -0.4 is 15.4 Å². The lowest BCUT2D eigenvalue weighted by Gasteiger charge is -2.19. The molecule has 0 unspecified atom stereocenters. The Morgan fingerprint density at radius 1 is 1.11 bits per heavy atom. The van der Waals surface area contributed by atoms with E-state index in [4.69, 9.17) is 9.84 Å². The van der Waals surface area contributed by atoms with Gasteiger partial charge in [-0.15, -0.1) is 0 Å². The van der Waals surface area contributed by atoms with Crippen LogP contribution in [0.15, 0.2) is 67.0 Å². The SMILES string of the molecule is CCOc1ncc(-c2nn(-c3ccccc3)c(NC(=O)N[C@@H]3c4ccccc4C[C@H]3O)c2C)cn1. The number of para-hydroxylation sites is 1. The van der Waals surface area contributed by atoms with E-state index in [2.05, 4.69) is 20.6 Å². The number of carbonyl (C=O) groups excluding carboxylic acids is 1. The standard InChI is InChI=1S/C26H26N6O3/c1-3-35-26-27-14-18(15-28-26)22-16(2)24(32(31-22)19-10-5-4-6-11-19)30-25(34)29-23-20-12-8-7-9-17(20)13-21(23)33/h4-12,14-15,21,23,33H,3,13H2,1-2H3,(H2,29,30,34)/t21-,23-/m1/s1. The number of hydrogen-bond donors (Lipinski definition) is 3. The fraction of sp³-hybridized carbons (Fsp3) is 0.231. The highest BCUT2D eigenvalue weighted by Gasteiger charge is 2.32. The molecule has 0 fully saturated rings. The average molecular weight is 471 g/mol. The van der Waals surface area contributed by atoms with Gasteiger partial charge in [-0.05, 0) is 37.1 Å². The van der Waals surface area contributed by atoms with Gasteiger partial charge in [-0.3, -0.25) is 5.32 Å². The summed E-state index contributed by atoms with van der Waals surface area (Å²) in [5.74, 6) is 0.512. The number of rotatable bonds is 6. The van der Waals surface area contributed by atoms with Gasteiger partial charge in [-0.1, -0.05) is 42.5 Å². The van der Waals surface area contributed by atoms with E-state index in [1.54, 1.807) is 17.1 Å². The maximum Gasteiger partial charge on any atom is 0.320 e. The van der Waals surface area contributed by atoms with Crippen molar-refractivity contribution >= 4 is 11.8 Å². The van der Waals surface area contributed by atoms with Crippen LogP contribution in [0.1, 0.15) is 29.7 Å². The first-order chi connectivity index (χ1) is 17.0. The van der Waals surface area contributed by atoms with Crippen LogP contribution in [0.25, 0.3) is 16.9 Å². The lowest BCUT2D eigenvalue weighted by atomic mass is 10.1. The van der Waals surface area contributed by atoms with Crippen LogP contribution in [0, 0.1) is 6.92 Å². The Balaban J connectivity index is 1.46. The summed E-state index contributed by atoms with van der Waals surface area (Å²) in [6.07, 6.45) is 3.12. The summed E-state index contributed by atoms with van der Waals surface area (Å²) in [6, 6.07) is 16.7. The van der Waals surface area contributed by atoms with Crippen molar-refractivity contribution < 1.29 is 14.6 Å². The minimum Gasteiger partial charge on any atom is -0.464 e. The van der Waals surface area contributed by atoms with Gasteiger partial charge >= 0.3 is 12.0 Å². The van der Waals surface area contributed by atoms with Crippen molar-refractivity contribution in [2.45, 2.75) is 32.4 Å². The van der Waals surface area contributed by atoms with E-state index in [9.17, 15) is 9.90 Å². The van der Waals surface area contributed by atoms with Crippen LogP contribution >= 0.6 is 0 Å². The molecule has 0 saturated heterocycles. The predicted octanol–water partition coefficient (Wildman–Crippen LogP) is 3.82. The number of aliphatic hydroxyl groups excluding tert-OH is 1. The zero-order valence-corrected chi connectivity index (χ0v) is 19.5. The maximum absolute atomic E-state index is 13.1. The number of benzene rings is 2. The molecule has 0 spiro atoms. The molecule has 178 valence electrons. The third-order valence-corrected chi connectivity index (χ3v) is 6.02. The zero-order valence-electron chi connectivity index (χ0n) is 19.5. The number of hydrogen-bond acceptors (Lipinski definition) is 6. The number of nitrogens with one attached hydrogen (secondary N) is 2. The fourth-order valence-electron chi connectivity index (χ4n) is 4.35. The van der Waals surface area contributed by atoms with Crippen molar-refractivity contribution in [3.63, 3.8) is 0 Å². The number of urea groups is 1. The van der Waals surface area contributed by atoms with Gasteiger partial charge in [0, 0.05) is 29.9 Å². The Kier molecular flexibility index (Phi) is 6.15. The van der Waals surface area contributed by atoms with E-state index in [0.29, 0.717) is 36.1 Å². The Morgan fingerprint density at radius 2 is 1.83 bits per heavy atom. The summed E-state index contributed by atoms with van der Waals surface area (Å²) in [5.41, 5.74) is 4.84. The molecule has 2 atom stereocenters. The molecule has 9 nitrogen and oxygen atoms in total. The smallest absolute Gasteiger partial charge is 0.320 e. The highest BCUT2D eigenvalue weighted by Crippen LogP contribution is 2.33. The van der Waals surface area contributed by atoms with Gasteiger partial charge in [-0.25, -0.2) is 19.4 Å². The van der Waals surface area contributed by atoms with Gasteiger partial charge in [0.1, 0.15) is 11.5 Å². The molecule has 3 N–H and O–H groups in total. The number of nitrogens with zero attached hydrogens (tertiary/aromatic N) is 4. The molecule has 2 aromatic heterocycles. The number of amides is 2. The number of aliphatic hydroxyl groups is 1. The normalized spacial score (nSPS) is 16.5. The topological polar surface area (TPSA) is 114 Å². The van der Waals surface area contributed by atoms with Crippen LogP contribution in [0.3, 0.4) is 0 Å². The quantitative estimate of drug-likeness (QED) is 0.395. The van der Waals surface area contributed by atoms with E-state index in [1.807, 2.05) is 68.4 Å². The molecular formula is C26H26N6O3. The Morgan fingerprint density at radius 3 is 2.57 bits per heavy atom. The first-order valence-corrected chi connectivity index (χ1v) is 11.5. The Hall–Kier alpha value is -4.24. The van der Waals surface area contributed by atoms with Crippen LogP contribution in [0.5, 0.6) is 6.01 Å². The van der Waals surface area contributed by atoms with Crippen molar-refractivity contribution in [1.82, 2.24) is 25.1 Å². The molecule has 5 rings (SSSR count). The second-order valence-corrected chi connectivity index (χ2v) is 8.30. The van der Waals surface area contributed by atoms with Crippen LogP contribution in [0.2, 0.25) is 0 Å². The Bertz CT molecular complexity index is 1340. The lowest BCUT2D eigenvalue weighted by molar-refractivity contribution is 0.144. The number of carbonyl (C=O) groups is 1. The van der Waals surface area contributed by atoms with Crippen LogP contribution in [0.4, 0.5) is 10.6 Å².